The van der Waals surface area contributed by atoms with Gasteiger partial charge in [-0.2, -0.15) is 5.10 Å². The highest BCUT2D eigenvalue weighted by molar-refractivity contribution is 5.95. The highest BCUT2D eigenvalue weighted by atomic mass is 35.5. The second-order valence-electron chi connectivity index (χ2n) is 5.05. The van der Waals surface area contributed by atoms with Crippen LogP contribution in [0.25, 0.3) is 5.69 Å². The second kappa shape index (κ2) is 6.89. The average Bonchev–Trinajstić information content (AvgIpc) is 2.89. The minimum Gasteiger partial charge on any atom is -0.336 e. The molecule has 1 aliphatic heterocycles. The monoisotopic (exact) mass is 324 g/mol. The molecule has 0 unspecified atom stereocenters. The van der Waals surface area contributed by atoms with E-state index in [1.807, 2.05) is 0 Å². The summed E-state index contributed by atoms with van der Waals surface area (Å²) in [5, 5.41) is 7.39. The van der Waals surface area contributed by atoms with E-state index in [9.17, 15) is 9.18 Å². The van der Waals surface area contributed by atoms with Gasteiger partial charge in [0, 0.05) is 26.2 Å². The number of nitrogens with zero attached hydrogens (tertiary/aromatic N) is 3. The van der Waals surface area contributed by atoms with Crippen molar-refractivity contribution < 1.29 is 9.18 Å². The van der Waals surface area contributed by atoms with Gasteiger partial charge in [-0.15, -0.1) is 12.4 Å². The first-order valence-electron chi connectivity index (χ1n) is 6.98. The lowest BCUT2D eigenvalue weighted by Crippen LogP contribution is -2.46. The van der Waals surface area contributed by atoms with E-state index in [1.165, 1.54) is 16.9 Å². The molecule has 7 heteroatoms. The van der Waals surface area contributed by atoms with Gasteiger partial charge in [-0.3, -0.25) is 4.79 Å². The highest BCUT2D eigenvalue weighted by Crippen LogP contribution is 2.18. The Morgan fingerprint density at radius 1 is 1.27 bits per heavy atom. The van der Waals surface area contributed by atoms with E-state index in [0.717, 1.165) is 13.1 Å². The van der Waals surface area contributed by atoms with Crippen molar-refractivity contribution in [1.29, 1.82) is 0 Å². The van der Waals surface area contributed by atoms with Crippen LogP contribution < -0.4 is 5.32 Å². The summed E-state index contributed by atoms with van der Waals surface area (Å²) in [7, 11) is 0. The number of amides is 1. The number of aromatic nitrogens is 2. The standard InChI is InChI=1S/C15H17FN4O.ClH/c1-11-12(15(21)19-8-6-17-7-9-19)10-18-20(11)14-5-3-2-4-13(14)16;/h2-5,10,17H,6-9H2,1H3;1H. The molecule has 0 saturated carbocycles. The topological polar surface area (TPSA) is 50.2 Å². The fourth-order valence-electron chi connectivity index (χ4n) is 2.52. The van der Waals surface area contributed by atoms with E-state index < -0.39 is 0 Å². The van der Waals surface area contributed by atoms with Crippen molar-refractivity contribution in [3.05, 3.63) is 47.5 Å². The molecule has 2 heterocycles. The van der Waals surface area contributed by atoms with Crippen molar-refractivity contribution in [3.8, 4) is 5.69 Å². The number of piperazine rings is 1. The molecule has 3 rings (SSSR count). The lowest BCUT2D eigenvalue weighted by atomic mass is 10.2. The first kappa shape index (κ1) is 16.5. The summed E-state index contributed by atoms with van der Waals surface area (Å²) in [4.78, 5) is 14.3. The van der Waals surface area contributed by atoms with E-state index in [-0.39, 0.29) is 24.1 Å². The number of para-hydroxylation sites is 1. The van der Waals surface area contributed by atoms with Crippen LogP contribution in [0.2, 0.25) is 0 Å². The van der Waals surface area contributed by atoms with Gasteiger partial charge in [0.25, 0.3) is 5.91 Å². The second-order valence-corrected chi connectivity index (χ2v) is 5.05. The van der Waals surface area contributed by atoms with Crippen molar-refractivity contribution in [2.45, 2.75) is 6.92 Å². The molecule has 1 aliphatic rings. The quantitative estimate of drug-likeness (QED) is 0.916. The molecule has 0 bridgehead atoms. The zero-order chi connectivity index (χ0) is 14.8. The van der Waals surface area contributed by atoms with Gasteiger partial charge < -0.3 is 10.2 Å². The molecule has 2 aromatic rings. The number of hydrogen-bond donors (Lipinski definition) is 1. The minimum atomic E-state index is -0.357. The van der Waals surface area contributed by atoms with Crippen LogP contribution in [0.15, 0.2) is 30.5 Å². The van der Waals surface area contributed by atoms with E-state index in [4.69, 9.17) is 0 Å². The van der Waals surface area contributed by atoms with Gasteiger partial charge in [0.1, 0.15) is 11.5 Å². The van der Waals surface area contributed by atoms with Crippen LogP contribution in [0, 0.1) is 12.7 Å². The molecule has 0 radical (unpaired) electrons. The van der Waals surface area contributed by atoms with Crippen LogP contribution >= 0.6 is 12.4 Å². The van der Waals surface area contributed by atoms with Crippen molar-refractivity contribution in [1.82, 2.24) is 20.0 Å². The van der Waals surface area contributed by atoms with Gasteiger partial charge in [-0.1, -0.05) is 12.1 Å². The molecule has 1 fully saturated rings. The Labute approximate surface area is 134 Å². The van der Waals surface area contributed by atoms with E-state index in [2.05, 4.69) is 10.4 Å². The Balaban J connectivity index is 0.00000176. The minimum absolute atomic E-state index is 0. The molecule has 1 aromatic heterocycles. The molecular weight excluding hydrogens is 307 g/mol. The zero-order valence-electron chi connectivity index (χ0n) is 12.3. The molecule has 0 atom stereocenters. The number of rotatable bonds is 2. The van der Waals surface area contributed by atoms with E-state index in [1.54, 1.807) is 30.0 Å². The fourth-order valence-corrected chi connectivity index (χ4v) is 2.52. The van der Waals surface area contributed by atoms with Crippen LogP contribution in [0.1, 0.15) is 16.1 Å². The third kappa shape index (κ3) is 2.98. The van der Waals surface area contributed by atoms with Crippen molar-refractivity contribution in [3.63, 3.8) is 0 Å². The number of halogens is 2. The van der Waals surface area contributed by atoms with Crippen LogP contribution in [0.4, 0.5) is 4.39 Å². The zero-order valence-corrected chi connectivity index (χ0v) is 13.1. The number of hydrogen-bond acceptors (Lipinski definition) is 3. The molecule has 5 nitrogen and oxygen atoms in total. The molecular formula is C15H18ClFN4O. The molecule has 0 aliphatic carbocycles. The fraction of sp³-hybridized carbons (Fsp3) is 0.333. The molecule has 1 amide bonds. The molecule has 1 aromatic carbocycles. The van der Waals surface area contributed by atoms with Crippen LogP contribution in [-0.2, 0) is 0 Å². The molecule has 118 valence electrons. The third-order valence-corrected chi connectivity index (χ3v) is 3.73. The summed E-state index contributed by atoms with van der Waals surface area (Å²) in [5.41, 5.74) is 1.54. The molecule has 0 spiro atoms. The smallest absolute Gasteiger partial charge is 0.257 e. The van der Waals surface area contributed by atoms with Crippen molar-refractivity contribution >= 4 is 18.3 Å². The number of carbonyl (C=O) groups is 1. The summed E-state index contributed by atoms with van der Waals surface area (Å²) >= 11 is 0. The van der Waals surface area contributed by atoms with Crippen LogP contribution in [0.5, 0.6) is 0 Å². The highest BCUT2D eigenvalue weighted by Gasteiger charge is 2.22. The maximum atomic E-state index is 13.9. The summed E-state index contributed by atoms with van der Waals surface area (Å²) in [6, 6.07) is 6.41. The maximum Gasteiger partial charge on any atom is 0.257 e. The first-order valence-corrected chi connectivity index (χ1v) is 6.98. The normalized spacial score (nSPS) is 14.5. The Bertz CT molecular complexity index is 667. The van der Waals surface area contributed by atoms with Gasteiger partial charge in [0.05, 0.1) is 17.5 Å². The molecule has 1 N–H and O–H groups in total. The van der Waals surface area contributed by atoms with Crippen molar-refractivity contribution in [2.24, 2.45) is 0 Å². The average molecular weight is 325 g/mol. The maximum absolute atomic E-state index is 13.9. The summed E-state index contributed by atoms with van der Waals surface area (Å²) in [6.45, 7) is 4.75. The lowest BCUT2D eigenvalue weighted by molar-refractivity contribution is 0.0735. The Kier molecular flexibility index (Phi) is 5.15. The van der Waals surface area contributed by atoms with Crippen molar-refractivity contribution in [2.75, 3.05) is 26.2 Å². The summed E-state index contributed by atoms with van der Waals surface area (Å²) in [6.07, 6.45) is 1.52. The number of benzene rings is 1. The molecule has 1 saturated heterocycles. The third-order valence-electron chi connectivity index (χ3n) is 3.73. The van der Waals surface area contributed by atoms with Crippen LogP contribution in [0.3, 0.4) is 0 Å². The van der Waals surface area contributed by atoms with Crippen LogP contribution in [-0.4, -0.2) is 46.8 Å². The Morgan fingerprint density at radius 2 is 1.95 bits per heavy atom. The van der Waals surface area contributed by atoms with Gasteiger partial charge in [0.15, 0.2) is 0 Å². The number of nitrogens with one attached hydrogen (secondary N) is 1. The summed E-state index contributed by atoms with van der Waals surface area (Å²) in [5.74, 6) is -0.401. The predicted molar refractivity (Wildman–Crippen MR) is 84.3 cm³/mol. The SMILES string of the molecule is Cc1c(C(=O)N2CCNCC2)cnn1-c1ccccc1F.Cl. The number of carbonyl (C=O) groups excluding carboxylic acids is 1. The Morgan fingerprint density at radius 3 is 2.64 bits per heavy atom. The van der Waals surface area contributed by atoms with E-state index in [0.29, 0.717) is 30.0 Å². The largest absolute Gasteiger partial charge is 0.336 e. The van der Waals surface area contributed by atoms with Gasteiger partial charge in [-0.05, 0) is 19.1 Å². The summed E-state index contributed by atoms with van der Waals surface area (Å²) < 4.78 is 15.3. The van der Waals surface area contributed by atoms with Gasteiger partial charge in [0.2, 0.25) is 0 Å². The van der Waals surface area contributed by atoms with Gasteiger partial charge >= 0.3 is 0 Å². The van der Waals surface area contributed by atoms with E-state index >= 15 is 0 Å². The van der Waals surface area contributed by atoms with Gasteiger partial charge in [-0.25, -0.2) is 9.07 Å². The predicted octanol–water partition coefficient (Wildman–Crippen LogP) is 1.79. The Hall–Kier alpha value is -1.92. The lowest BCUT2D eigenvalue weighted by Gasteiger charge is -2.27. The molecule has 22 heavy (non-hydrogen) atoms. The first-order chi connectivity index (χ1) is 10.2.